The van der Waals surface area contributed by atoms with Crippen LogP contribution in [0.3, 0.4) is 0 Å². The summed E-state index contributed by atoms with van der Waals surface area (Å²) in [6.45, 7) is -3.61. The Morgan fingerprint density at radius 2 is 2.08 bits per heavy atom. The molecule has 6 rings (SSSR count). The van der Waals surface area contributed by atoms with Gasteiger partial charge in [0.05, 0.1) is 36.9 Å². The Morgan fingerprint density at radius 1 is 1.26 bits per heavy atom. The molecule has 2 fully saturated rings. The molecule has 0 aromatic carbocycles. The molecule has 2 saturated carbocycles. The van der Waals surface area contributed by atoms with E-state index in [-0.39, 0.29) is 58.5 Å². The second kappa shape index (κ2) is 8.82. The average Bonchev–Trinajstić information content (AvgIpc) is 3.21. The van der Waals surface area contributed by atoms with Crippen molar-refractivity contribution in [2.45, 2.75) is 56.9 Å². The summed E-state index contributed by atoms with van der Waals surface area (Å²) in [6.07, 6.45) is 1.33. The number of aryl methyl sites for hydroxylation is 2. The first-order valence-corrected chi connectivity index (χ1v) is 12.4. The first kappa shape index (κ1) is 18.0. The number of imidazole rings is 2. The topological polar surface area (TPSA) is 163 Å². The molecular weight excluding hydrogens is 502 g/mol. The molecule has 39 heavy (non-hydrogen) atoms. The summed E-state index contributed by atoms with van der Waals surface area (Å²) >= 11 is 0. The molecule has 2 aliphatic rings. The van der Waals surface area contributed by atoms with E-state index >= 15 is 0 Å². The van der Waals surface area contributed by atoms with E-state index in [1.165, 1.54) is 40.6 Å². The van der Waals surface area contributed by atoms with E-state index in [0.29, 0.717) is 17.4 Å². The highest BCUT2D eigenvalue weighted by atomic mass is 16.5. The van der Waals surface area contributed by atoms with Gasteiger partial charge in [-0.25, -0.2) is 24.1 Å². The van der Waals surface area contributed by atoms with Gasteiger partial charge in [0.1, 0.15) is 17.1 Å². The summed E-state index contributed by atoms with van der Waals surface area (Å²) in [5, 5.41) is 10.0. The van der Waals surface area contributed by atoms with Crippen LogP contribution in [0.2, 0.25) is 0 Å². The molecule has 204 valence electrons. The monoisotopic (exact) mass is 540 g/mol. The van der Waals surface area contributed by atoms with Crippen LogP contribution in [0.25, 0.3) is 16.6 Å². The van der Waals surface area contributed by atoms with Gasteiger partial charge >= 0.3 is 11.8 Å². The van der Waals surface area contributed by atoms with Gasteiger partial charge in [0.25, 0.3) is 0 Å². The van der Waals surface area contributed by atoms with E-state index in [0.717, 1.165) is 0 Å². The van der Waals surface area contributed by atoms with Crippen LogP contribution in [-0.4, -0.2) is 53.8 Å². The Kier molecular flexibility index (Phi) is 4.06. The minimum Gasteiger partial charge on any atom is -0.453 e. The Hall–Kier alpha value is -4.42. The minimum absolute atomic E-state index is 0.0146. The first-order valence-electron chi connectivity index (χ1n) is 15.9. The molecule has 13 heteroatoms. The summed E-state index contributed by atoms with van der Waals surface area (Å²) in [6, 6.07) is 2.40. The number of hydrogen-bond donors (Lipinski definition) is 3. The van der Waals surface area contributed by atoms with Gasteiger partial charge in [-0.3, -0.25) is 13.9 Å². The van der Waals surface area contributed by atoms with Crippen LogP contribution in [0.15, 0.2) is 29.2 Å². The molecule has 4 aromatic rings. The average molecular weight is 541 g/mol. The third-order valence-corrected chi connectivity index (χ3v) is 7.75. The second-order valence-electron chi connectivity index (χ2n) is 10.0. The van der Waals surface area contributed by atoms with Crippen LogP contribution in [0, 0.1) is 12.8 Å². The molecule has 0 saturated heterocycles. The second-order valence-corrected chi connectivity index (χ2v) is 10.0. The van der Waals surface area contributed by atoms with Crippen LogP contribution in [-0.2, 0) is 21.9 Å². The van der Waals surface area contributed by atoms with Crippen LogP contribution in [0.5, 0.6) is 0 Å². The first-order chi connectivity index (χ1) is 21.4. The van der Waals surface area contributed by atoms with E-state index in [1.54, 1.807) is 0 Å². The maximum absolute atomic E-state index is 13.6. The molecule has 13 nitrogen and oxygen atoms in total. The van der Waals surface area contributed by atoms with Gasteiger partial charge in [-0.15, -0.1) is 5.10 Å². The largest absolute Gasteiger partial charge is 0.453 e. The van der Waals surface area contributed by atoms with Crippen LogP contribution in [0.1, 0.15) is 59.8 Å². The number of nitrogens with zero attached hydrogens (tertiary/aromatic N) is 6. The van der Waals surface area contributed by atoms with Crippen molar-refractivity contribution in [1.82, 2.24) is 34.0 Å². The zero-order valence-electron chi connectivity index (χ0n) is 28.2. The van der Waals surface area contributed by atoms with Gasteiger partial charge in [0, 0.05) is 33.3 Å². The highest BCUT2D eigenvalue weighted by Crippen LogP contribution is 2.53. The number of rotatable bonds is 6. The maximum atomic E-state index is 13.6. The number of hydrogen-bond acceptors (Lipinski definition) is 8. The molecule has 0 aliphatic heterocycles. The van der Waals surface area contributed by atoms with Gasteiger partial charge in [-0.05, 0) is 50.6 Å². The number of nitrogens with one attached hydrogen (secondary N) is 2. The summed E-state index contributed by atoms with van der Waals surface area (Å²) in [4.78, 5) is 46.6. The van der Waals surface area contributed by atoms with Crippen molar-refractivity contribution in [3.63, 3.8) is 0 Å². The number of aromatic nitrogens is 6. The van der Waals surface area contributed by atoms with Crippen molar-refractivity contribution in [1.29, 1.82) is 0 Å². The number of nitrogens with two attached hydrogens (primary N) is 1. The molecular formula is C26H31N9O4. The van der Waals surface area contributed by atoms with Gasteiger partial charge < -0.3 is 21.1 Å². The van der Waals surface area contributed by atoms with Crippen LogP contribution >= 0.6 is 0 Å². The lowest BCUT2D eigenvalue weighted by Gasteiger charge is -2.14. The van der Waals surface area contributed by atoms with E-state index in [1.807, 2.05) is 6.92 Å². The molecule has 0 bridgehead atoms. The van der Waals surface area contributed by atoms with E-state index in [2.05, 4.69) is 30.4 Å². The third-order valence-electron chi connectivity index (χ3n) is 7.75. The fourth-order valence-electron chi connectivity index (χ4n) is 5.55. The predicted octanol–water partition coefficient (Wildman–Crippen LogP) is 2.04. The lowest BCUT2D eigenvalue weighted by Crippen LogP contribution is -2.33. The van der Waals surface area contributed by atoms with Crippen molar-refractivity contribution in [3.05, 3.63) is 46.4 Å². The summed E-state index contributed by atoms with van der Waals surface area (Å²) in [7, 11) is 1.18. The molecule has 2 amide bonds. The third kappa shape index (κ3) is 3.82. The lowest BCUT2D eigenvalue weighted by atomic mass is 10.0. The molecule has 4 N–H and O–H groups in total. The van der Waals surface area contributed by atoms with Gasteiger partial charge in [-0.2, -0.15) is 0 Å². The highest BCUT2D eigenvalue weighted by molar-refractivity contribution is 5.90. The smallest absolute Gasteiger partial charge is 0.407 e. The number of alkyl carbamates (subject to hydrolysis) is 1. The standard InChI is InChI=1S/C26H31N9O4/c1-13-11-26(13,22(27)36)23-29-14(2)17-7-8-20(32-35(17)23)31-21-10-18-19(12-28-21)33(3)25(38)34(18)16-6-5-15(9-16)30-24(37)39-4/h7-8,10,12-13,15-16H,5-6,9,11H2,1-4H3,(H2,27,36)(H,30,37)(H,28,31,32)/i2D3,3D3,15D. The van der Waals surface area contributed by atoms with Crippen LogP contribution in [0.4, 0.5) is 16.4 Å². The van der Waals surface area contributed by atoms with Crippen molar-refractivity contribution in [3.8, 4) is 0 Å². The SMILES string of the molecule is [2H]C1(NC(=O)OC)CCC(n2c(=O)n(C([2H])([2H])[2H])c3cnc(Nc4ccc5c(C([2H])([2H])[2H])nc(C6(C(N)=O)CC6C)n5n4)cc32)C1. The zero-order valence-corrected chi connectivity index (χ0v) is 21.2. The number of methoxy groups -OCH3 is 1. The van der Waals surface area contributed by atoms with E-state index < -0.39 is 49.0 Å². The highest BCUT2D eigenvalue weighted by Gasteiger charge is 2.60. The molecule has 0 spiro atoms. The summed E-state index contributed by atoms with van der Waals surface area (Å²) < 4.78 is 64.4. The number of fused-ring (bicyclic) bond motifs is 2. The van der Waals surface area contributed by atoms with Crippen molar-refractivity contribution < 1.29 is 23.9 Å². The molecule has 4 heterocycles. The molecule has 4 aromatic heterocycles. The number of amides is 2. The molecule has 4 atom stereocenters. The Labute approximate surface area is 233 Å². The number of carbonyl (C=O) groups is 2. The summed E-state index contributed by atoms with van der Waals surface area (Å²) in [5.74, 6) is -0.355. The van der Waals surface area contributed by atoms with Crippen molar-refractivity contribution in [2.75, 3.05) is 12.4 Å². The normalized spacial score (nSPS) is 29.4. The molecule has 0 radical (unpaired) electrons. The Bertz CT molecular complexity index is 1970. The van der Waals surface area contributed by atoms with E-state index in [9.17, 15) is 14.4 Å². The summed E-state index contributed by atoms with van der Waals surface area (Å²) in [5.41, 5.74) is 3.95. The number of anilines is 2. The Morgan fingerprint density at radius 3 is 2.77 bits per heavy atom. The van der Waals surface area contributed by atoms with Crippen molar-refractivity contribution >= 4 is 40.2 Å². The maximum Gasteiger partial charge on any atom is 0.407 e. The van der Waals surface area contributed by atoms with Crippen LogP contribution < -0.4 is 22.1 Å². The predicted molar refractivity (Wildman–Crippen MR) is 143 cm³/mol. The lowest BCUT2D eigenvalue weighted by molar-refractivity contribution is -0.121. The fraction of sp³-hybridized carbons (Fsp3) is 0.462. The fourth-order valence-corrected chi connectivity index (χ4v) is 5.55. The number of pyridine rings is 1. The number of primary amides is 1. The Balaban J connectivity index is 1.43. The zero-order chi connectivity index (χ0) is 33.6. The number of carbonyl (C=O) groups excluding carboxylic acids is 2. The van der Waals surface area contributed by atoms with Crippen molar-refractivity contribution in [2.24, 2.45) is 18.6 Å². The van der Waals surface area contributed by atoms with Gasteiger partial charge in [-0.1, -0.05) is 6.92 Å². The minimum atomic E-state index is -2.83. The quantitative estimate of drug-likeness (QED) is 0.334. The molecule has 2 aliphatic carbocycles. The molecule has 4 unspecified atom stereocenters. The van der Waals surface area contributed by atoms with Gasteiger partial charge in [0.2, 0.25) is 5.91 Å². The van der Waals surface area contributed by atoms with E-state index in [4.69, 9.17) is 15.3 Å². The van der Waals surface area contributed by atoms with Gasteiger partial charge in [0.15, 0.2) is 5.82 Å². The number of ether oxygens (including phenoxy) is 1.